The lowest BCUT2D eigenvalue weighted by molar-refractivity contribution is 0.0664. The average Bonchev–Trinajstić information content (AvgIpc) is 2.55. The van der Waals surface area contributed by atoms with Crippen molar-refractivity contribution in [2.24, 2.45) is 0 Å². The van der Waals surface area contributed by atoms with Crippen molar-refractivity contribution in [3.63, 3.8) is 0 Å². The number of phenolic OH excluding ortho intramolecular Hbond substituents is 1. The second kappa shape index (κ2) is 5.81. The molecule has 2 aromatic carbocycles. The van der Waals surface area contributed by atoms with Crippen LogP contribution in [0.15, 0.2) is 45.6 Å². The lowest BCUT2D eigenvalue weighted by Crippen LogP contribution is -2.13. The van der Waals surface area contributed by atoms with Crippen LogP contribution in [0.3, 0.4) is 0 Å². The number of aromatic hydroxyl groups is 1. The van der Waals surface area contributed by atoms with E-state index < -0.39 is 23.0 Å². The van der Waals surface area contributed by atoms with E-state index in [0.717, 1.165) is 12.1 Å². The molecule has 5 nitrogen and oxygen atoms in total. The predicted molar refractivity (Wildman–Crippen MR) is 85.9 cm³/mol. The van der Waals surface area contributed by atoms with Crippen LogP contribution < -0.4 is 5.43 Å². The molecule has 0 amide bonds. The fourth-order valence-electron chi connectivity index (χ4n) is 2.59. The van der Waals surface area contributed by atoms with Crippen molar-refractivity contribution in [2.45, 2.75) is 13.3 Å². The molecule has 1 heterocycles. The van der Waals surface area contributed by atoms with E-state index in [4.69, 9.17) is 4.42 Å². The van der Waals surface area contributed by atoms with Gasteiger partial charge >= 0.3 is 5.97 Å². The third-order valence-electron chi connectivity index (χ3n) is 3.80. The minimum absolute atomic E-state index is 0.0158. The molecule has 1 aromatic heterocycles. The van der Waals surface area contributed by atoms with Gasteiger partial charge in [0.25, 0.3) is 0 Å². The first-order valence-electron chi connectivity index (χ1n) is 7.24. The summed E-state index contributed by atoms with van der Waals surface area (Å²) >= 11 is 0. The summed E-state index contributed by atoms with van der Waals surface area (Å²) < 4.78 is 18.5. The number of hydrogen-bond acceptors (Lipinski definition) is 4. The number of carbonyl (C=O) groups is 1. The molecule has 0 unspecified atom stereocenters. The summed E-state index contributed by atoms with van der Waals surface area (Å²) in [5, 5.41) is 19.4. The second-order valence-corrected chi connectivity index (χ2v) is 5.28. The van der Waals surface area contributed by atoms with E-state index in [1.54, 1.807) is 0 Å². The number of aromatic carboxylic acids is 1. The number of benzene rings is 2. The number of hydrogen-bond donors (Lipinski definition) is 2. The van der Waals surface area contributed by atoms with Gasteiger partial charge in [-0.15, -0.1) is 0 Å². The highest BCUT2D eigenvalue weighted by atomic mass is 19.1. The van der Waals surface area contributed by atoms with Gasteiger partial charge in [-0.25, -0.2) is 9.18 Å². The Morgan fingerprint density at radius 1 is 1.21 bits per heavy atom. The Kier molecular flexibility index (Phi) is 3.81. The van der Waals surface area contributed by atoms with E-state index in [-0.39, 0.29) is 27.8 Å². The molecule has 0 radical (unpaired) electrons. The Bertz CT molecular complexity index is 1000. The summed E-state index contributed by atoms with van der Waals surface area (Å²) in [6.07, 6.45) is 0.494. The fourth-order valence-corrected chi connectivity index (χ4v) is 2.59. The zero-order valence-corrected chi connectivity index (χ0v) is 12.7. The Labute approximate surface area is 135 Å². The largest absolute Gasteiger partial charge is 0.508 e. The van der Waals surface area contributed by atoms with E-state index in [1.165, 1.54) is 24.3 Å². The lowest BCUT2D eigenvalue weighted by Gasteiger charge is -2.09. The highest BCUT2D eigenvalue weighted by Gasteiger charge is 2.22. The third-order valence-corrected chi connectivity index (χ3v) is 3.80. The van der Waals surface area contributed by atoms with E-state index in [0.29, 0.717) is 12.0 Å². The number of carboxylic acid groups (broad SMARTS) is 1. The molecule has 24 heavy (non-hydrogen) atoms. The summed E-state index contributed by atoms with van der Waals surface area (Å²) in [7, 11) is 0. The van der Waals surface area contributed by atoms with E-state index in [1.807, 2.05) is 6.92 Å². The molecular formula is C18H13FO5. The monoisotopic (exact) mass is 328 g/mol. The first-order chi connectivity index (χ1) is 11.4. The second-order valence-electron chi connectivity index (χ2n) is 5.28. The summed E-state index contributed by atoms with van der Waals surface area (Å²) in [6.45, 7) is 1.81. The molecule has 0 aliphatic rings. The van der Waals surface area contributed by atoms with Crippen molar-refractivity contribution in [3.8, 4) is 16.9 Å². The molecule has 3 aromatic rings. The number of phenols is 1. The Morgan fingerprint density at radius 2 is 1.88 bits per heavy atom. The number of aryl methyl sites for hydroxylation is 1. The number of fused-ring (bicyclic) bond motifs is 1. The summed E-state index contributed by atoms with van der Waals surface area (Å²) in [5.74, 6) is -2.55. The lowest BCUT2D eigenvalue weighted by atomic mass is 10.0. The average molecular weight is 328 g/mol. The predicted octanol–water partition coefficient (Wildman–Crippen LogP) is 3.57. The van der Waals surface area contributed by atoms with Crippen LogP contribution in [-0.2, 0) is 6.42 Å². The van der Waals surface area contributed by atoms with Crippen molar-refractivity contribution in [1.29, 1.82) is 0 Å². The maximum absolute atomic E-state index is 13.1. The van der Waals surface area contributed by atoms with Crippen LogP contribution >= 0.6 is 0 Å². The van der Waals surface area contributed by atoms with Gasteiger partial charge in [0.15, 0.2) is 0 Å². The van der Waals surface area contributed by atoms with Crippen molar-refractivity contribution in [1.82, 2.24) is 0 Å². The summed E-state index contributed by atoms with van der Waals surface area (Å²) in [5.41, 5.74) is 0.0779. The van der Waals surface area contributed by atoms with Crippen LogP contribution in [0.25, 0.3) is 22.1 Å². The van der Waals surface area contributed by atoms with Gasteiger partial charge in [0, 0.05) is 6.07 Å². The third kappa shape index (κ3) is 2.52. The Hall–Kier alpha value is -3.15. The minimum atomic E-state index is -1.42. The Morgan fingerprint density at radius 3 is 2.46 bits per heavy atom. The highest BCUT2D eigenvalue weighted by molar-refractivity contribution is 5.96. The molecule has 0 atom stereocenters. The summed E-state index contributed by atoms with van der Waals surface area (Å²) in [6, 6.07) is 7.63. The molecule has 0 saturated carbocycles. The van der Waals surface area contributed by atoms with Gasteiger partial charge in [0.05, 0.1) is 10.9 Å². The molecule has 3 rings (SSSR count). The summed E-state index contributed by atoms with van der Waals surface area (Å²) in [4.78, 5) is 24.3. The first-order valence-corrected chi connectivity index (χ1v) is 7.24. The van der Waals surface area contributed by atoms with Crippen LogP contribution in [0.4, 0.5) is 4.39 Å². The van der Waals surface area contributed by atoms with Crippen molar-refractivity contribution >= 4 is 16.9 Å². The van der Waals surface area contributed by atoms with Gasteiger partial charge in [-0.05, 0) is 35.7 Å². The topological polar surface area (TPSA) is 87.7 Å². The van der Waals surface area contributed by atoms with Crippen LogP contribution in [-0.4, -0.2) is 16.2 Å². The van der Waals surface area contributed by atoms with E-state index in [9.17, 15) is 24.2 Å². The van der Waals surface area contributed by atoms with Crippen LogP contribution in [0, 0.1) is 5.82 Å². The van der Waals surface area contributed by atoms with Gasteiger partial charge in [-0.3, -0.25) is 4.79 Å². The molecule has 0 aliphatic heterocycles. The highest BCUT2D eigenvalue weighted by Crippen LogP contribution is 2.29. The maximum atomic E-state index is 13.1. The van der Waals surface area contributed by atoms with Gasteiger partial charge in [-0.2, -0.15) is 0 Å². The van der Waals surface area contributed by atoms with Crippen LogP contribution in [0.2, 0.25) is 0 Å². The standard InChI is InChI=1S/C18H13FO5/c1-2-9-7-12-14(8-13(9)20)24-17(18(22)23)15(16(12)21)10-3-5-11(19)6-4-10/h3-8,20H,2H2,1H3,(H,22,23). The molecule has 0 spiro atoms. The first kappa shape index (κ1) is 15.7. The molecular weight excluding hydrogens is 315 g/mol. The van der Waals surface area contributed by atoms with Crippen molar-refractivity contribution < 1.29 is 23.8 Å². The fraction of sp³-hybridized carbons (Fsp3) is 0.111. The smallest absolute Gasteiger partial charge is 0.372 e. The molecule has 0 fully saturated rings. The van der Waals surface area contributed by atoms with Gasteiger partial charge in [0.2, 0.25) is 11.2 Å². The van der Waals surface area contributed by atoms with Crippen LogP contribution in [0.5, 0.6) is 5.75 Å². The molecule has 0 saturated heterocycles. The molecule has 2 N–H and O–H groups in total. The van der Waals surface area contributed by atoms with Crippen molar-refractivity contribution in [3.05, 3.63) is 63.8 Å². The quantitative estimate of drug-likeness (QED) is 0.767. The zero-order chi connectivity index (χ0) is 17.4. The Balaban J connectivity index is 2.42. The van der Waals surface area contributed by atoms with E-state index in [2.05, 4.69) is 0 Å². The molecule has 6 heteroatoms. The number of carboxylic acids is 1. The van der Waals surface area contributed by atoms with Gasteiger partial charge in [-0.1, -0.05) is 19.1 Å². The zero-order valence-electron chi connectivity index (χ0n) is 12.7. The number of rotatable bonds is 3. The van der Waals surface area contributed by atoms with Crippen molar-refractivity contribution in [2.75, 3.05) is 0 Å². The SMILES string of the molecule is CCc1cc2c(=O)c(-c3ccc(F)cc3)c(C(=O)O)oc2cc1O. The van der Waals surface area contributed by atoms with E-state index >= 15 is 0 Å². The maximum Gasteiger partial charge on any atom is 0.372 e. The molecule has 122 valence electrons. The van der Waals surface area contributed by atoms with Gasteiger partial charge in [0.1, 0.15) is 17.1 Å². The molecule has 0 bridgehead atoms. The van der Waals surface area contributed by atoms with Crippen LogP contribution in [0.1, 0.15) is 23.0 Å². The molecule has 0 aliphatic carbocycles. The number of halogens is 1. The minimum Gasteiger partial charge on any atom is -0.508 e. The van der Waals surface area contributed by atoms with Gasteiger partial charge < -0.3 is 14.6 Å². The normalized spacial score (nSPS) is 10.9.